The molecule has 0 N–H and O–H groups in total. The first-order chi connectivity index (χ1) is 31.3. The minimum atomic E-state index is -0.254. The minimum Gasteiger partial charge on any atom is -0.313 e. The number of rotatable bonds is 6. The highest BCUT2D eigenvalue weighted by Gasteiger charge is 2.48. The molecule has 0 spiro atoms. The zero-order valence-corrected chi connectivity index (χ0v) is 35.3. The Kier molecular flexibility index (Phi) is 8.24. The van der Waals surface area contributed by atoms with E-state index in [1.165, 1.54) is 111 Å². The molecule has 0 radical (unpaired) electrons. The number of para-hydroxylation sites is 2. The van der Waals surface area contributed by atoms with Crippen LogP contribution in [0.25, 0.3) is 82.8 Å². The predicted molar refractivity (Wildman–Crippen MR) is 266 cm³/mol. The molecule has 0 saturated carbocycles. The fourth-order valence-electron chi connectivity index (χ4n) is 11.7. The fraction of sp³-hybridized carbons (Fsp3) is 0.115. The van der Waals surface area contributed by atoms with E-state index in [1.54, 1.807) is 0 Å². The number of nitrogens with zero attached hydrogens (tertiary/aromatic N) is 2. The van der Waals surface area contributed by atoms with E-state index in [9.17, 15) is 0 Å². The van der Waals surface area contributed by atoms with Crippen LogP contribution >= 0.6 is 0 Å². The maximum Gasteiger partial charge on any atom is 0.0639 e. The standard InChI is InChI=1S/C61H46N2/c1-4-16-41(17-5-1)42-28-35-59-53(38-42)54-40-44(30-37-60(54)62(59)47-20-8-3-9-21-47)43-29-36-58-52(39-43)51-24-12-15-27-57(51)63(58)48-33-31-46(32-34-48)61(45-18-6-2-7-19-45)55-25-13-10-22-49(55)50-23-11-14-26-56(50)61/h2-4,6,8-18,20-31,33,35-40H,1,5,7,19,32,34H2. The second kappa shape index (κ2) is 14.3. The van der Waals surface area contributed by atoms with Gasteiger partial charge in [0.2, 0.25) is 0 Å². The van der Waals surface area contributed by atoms with Crippen molar-refractivity contribution in [1.82, 2.24) is 9.13 Å². The molecule has 2 heteroatoms. The van der Waals surface area contributed by atoms with Gasteiger partial charge in [-0.25, -0.2) is 0 Å². The number of allylic oxidation sites excluding steroid dienone is 12. The van der Waals surface area contributed by atoms with Crippen molar-refractivity contribution < 1.29 is 0 Å². The van der Waals surface area contributed by atoms with Crippen molar-refractivity contribution in [3.05, 3.63) is 234 Å². The molecule has 0 fully saturated rings. The van der Waals surface area contributed by atoms with E-state index in [2.05, 4.69) is 215 Å². The summed E-state index contributed by atoms with van der Waals surface area (Å²) < 4.78 is 4.97. The SMILES string of the molecule is C1=CCCC(C2(C3=CC=C(n4c5ccccc5c5cc(-c6ccc7c(c6)c6cc(C8=CCCC=C8)ccc6n7-c6ccccc6)ccc54)CC3)c3ccccc3-c3ccccc32)=C1. The first-order valence-electron chi connectivity index (χ1n) is 22.8. The van der Waals surface area contributed by atoms with Crippen LogP contribution < -0.4 is 0 Å². The third-order valence-electron chi connectivity index (χ3n) is 14.5. The quantitative estimate of drug-likeness (QED) is 0.158. The minimum absolute atomic E-state index is 0.254. The van der Waals surface area contributed by atoms with Crippen LogP contribution in [0, 0.1) is 0 Å². The molecule has 7 aromatic carbocycles. The molecule has 0 amide bonds. The molecule has 0 saturated heterocycles. The summed E-state index contributed by atoms with van der Waals surface area (Å²) in [7, 11) is 0. The lowest BCUT2D eigenvalue weighted by molar-refractivity contribution is 0.642. The van der Waals surface area contributed by atoms with Crippen molar-refractivity contribution in [2.75, 3.05) is 0 Å². The van der Waals surface area contributed by atoms with E-state index in [1.807, 2.05) is 0 Å². The molecule has 2 aromatic heterocycles. The second-order valence-electron chi connectivity index (χ2n) is 17.7. The first-order valence-corrected chi connectivity index (χ1v) is 22.8. The lowest BCUT2D eigenvalue weighted by Crippen LogP contribution is -2.32. The molecule has 0 atom stereocenters. The van der Waals surface area contributed by atoms with E-state index in [-0.39, 0.29) is 5.41 Å². The average Bonchev–Trinajstić information content (AvgIpc) is 3.98. The highest BCUT2D eigenvalue weighted by molar-refractivity contribution is 6.13. The maximum atomic E-state index is 2.54. The van der Waals surface area contributed by atoms with Gasteiger partial charge in [-0.1, -0.05) is 157 Å². The van der Waals surface area contributed by atoms with Gasteiger partial charge in [0.25, 0.3) is 0 Å². The highest BCUT2D eigenvalue weighted by Crippen LogP contribution is 2.59. The molecule has 2 nitrogen and oxygen atoms in total. The third-order valence-corrected chi connectivity index (χ3v) is 14.5. The van der Waals surface area contributed by atoms with Gasteiger partial charge in [-0.15, -0.1) is 0 Å². The molecule has 4 aliphatic carbocycles. The Morgan fingerprint density at radius 2 is 1.02 bits per heavy atom. The number of hydrogen-bond acceptors (Lipinski definition) is 0. The summed E-state index contributed by atoms with van der Waals surface area (Å²) in [5.41, 5.74) is 20.9. The molecule has 0 bridgehead atoms. The van der Waals surface area contributed by atoms with Gasteiger partial charge in [0, 0.05) is 32.9 Å². The number of hydrogen-bond donors (Lipinski definition) is 0. The third kappa shape index (κ3) is 5.44. The van der Waals surface area contributed by atoms with Gasteiger partial charge in [0.15, 0.2) is 0 Å². The Morgan fingerprint density at radius 1 is 0.413 bits per heavy atom. The largest absolute Gasteiger partial charge is 0.313 e. The van der Waals surface area contributed by atoms with Crippen LogP contribution in [-0.2, 0) is 5.41 Å². The second-order valence-corrected chi connectivity index (χ2v) is 17.7. The monoisotopic (exact) mass is 806 g/mol. The van der Waals surface area contributed by atoms with Crippen molar-refractivity contribution in [2.45, 2.75) is 43.9 Å². The summed E-state index contributed by atoms with van der Waals surface area (Å²) in [5, 5.41) is 5.14. The Bertz CT molecular complexity index is 3510. The molecule has 9 aromatic rings. The molecule has 63 heavy (non-hydrogen) atoms. The number of fused-ring (bicyclic) bond motifs is 9. The molecular weight excluding hydrogens is 761 g/mol. The summed E-state index contributed by atoms with van der Waals surface area (Å²) in [4.78, 5) is 0. The molecule has 4 aliphatic rings. The lowest BCUT2D eigenvalue weighted by Gasteiger charge is -2.39. The fourth-order valence-corrected chi connectivity index (χ4v) is 11.7. The van der Waals surface area contributed by atoms with E-state index >= 15 is 0 Å². The number of benzene rings is 7. The molecule has 0 unspecified atom stereocenters. The van der Waals surface area contributed by atoms with Crippen LogP contribution in [0.1, 0.15) is 55.2 Å². The lowest BCUT2D eigenvalue weighted by atomic mass is 9.63. The smallest absolute Gasteiger partial charge is 0.0639 e. The molecule has 300 valence electrons. The average molecular weight is 807 g/mol. The van der Waals surface area contributed by atoms with Crippen molar-refractivity contribution >= 4 is 54.9 Å². The van der Waals surface area contributed by atoms with Crippen LogP contribution in [0.15, 0.2) is 217 Å². The highest BCUT2D eigenvalue weighted by atomic mass is 15.0. The van der Waals surface area contributed by atoms with Gasteiger partial charge in [-0.2, -0.15) is 0 Å². The number of aromatic nitrogens is 2. The van der Waals surface area contributed by atoms with Gasteiger partial charge in [-0.3, -0.25) is 0 Å². The Labute approximate surface area is 368 Å². The van der Waals surface area contributed by atoms with Crippen molar-refractivity contribution in [3.63, 3.8) is 0 Å². The van der Waals surface area contributed by atoms with Crippen LogP contribution in [0.4, 0.5) is 0 Å². The molecule has 13 rings (SSSR count). The van der Waals surface area contributed by atoms with Gasteiger partial charge in [0.1, 0.15) is 0 Å². The van der Waals surface area contributed by atoms with Crippen molar-refractivity contribution in [2.24, 2.45) is 0 Å². The Morgan fingerprint density at radius 3 is 1.68 bits per heavy atom. The van der Waals surface area contributed by atoms with Gasteiger partial charge in [0.05, 0.1) is 27.5 Å². The summed E-state index contributed by atoms with van der Waals surface area (Å²) in [5.74, 6) is 0. The summed E-state index contributed by atoms with van der Waals surface area (Å²) in [6.07, 6.45) is 25.2. The van der Waals surface area contributed by atoms with Crippen LogP contribution in [0.3, 0.4) is 0 Å². The van der Waals surface area contributed by atoms with Crippen molar-refractivity contribution in [1.29, 1.82) is 0 Å². The molecule has 2 heterocycles. The maximum absolute atomic E-state index is 2.54. The zero-order chi connectivity index (χ0) is 41.5. The van der Waals surface area contributed by atoms with E-state index in [0.29, 0.717) is 0 Å². The topological polar surface area (TPSA) is 9.86 Å². The summed E-state index contributed by atoms with van der Waals surface area (Å²) in [6, 6.07) is 59.3. The van der Waals surface area contributed by atoms with Gasteiger partial charge >= 0.3 is 0 Å². The zero-order valence-electron chi connectivity index (χ0n) is 35.3. The first kappa shape index (κ1) is 36.3. The summed E-state index contributed by atoms with van der Waals surface area (Å²) in [6.45, 7) is 0. The Balaban J connectivity index is 0.948. The molecular formula is C61H46N2. The van der Waals surface area contributed by atoms with Crippen LogP contribution in [0.2, 0.25) is 0 Å². The van der Waals surface area contributed by atoms with E-state index < -0.39 is 0 Å². The van der Waals surface area contributed by atoms with Crippen LogP contribution in [0.5, 0.6) is 0 Å². The normalized spacial score (nSPS) is 16.6. The van der Waals surface area contributed by atoms with E-state index in [4.69, 9.17) is 0 Å². The molecule has 0 aliphatic heterocycles. The predicted octanol–water partition coefficient (Wildman–Crippen LogP) is 16.1. The van der Waals surface area contributed by atoms with Crippen molar-refractivity contribution in [3.8, 4) is 27.9 Å². The van der Waals surface area contributed by atoms with Crippen LogP contribution in [-0.4, -0.2) is 9.13 Å². The van der Waals surface area contributed by atoms with Gasteiger partial charge < -0.3 is 9.13 Å². The summed E-state index contributed by atoms with van der Waals surface area (Å²) >= 11 is 0. The Hall–Kier alpha value is -7.42. The van der Waals surface area contributed by atoms with E-state index in [0.717, 1.165) is 38.5 Å². The van der Waals surface area contributed by atoms with Gasteiger partial charge in [-0.05, 0) is 144 Å².